The highest BCUT2D eigenvalue weighted by Gasteiger charge is 2.10. The van der Waals surface area contributed by atoms with E-state index in [0.29, 0.717) is 0 Å². The fraction of sp³-hybridized carbons (Fsp3) is 0.571. The van der Waals surface area contributed by atoms with Gasteiger partial charge in [-0.25, -0.2) is 9.97 Å². The number of aryl methyl sites for hydroxylation is 1. The molecular weight excluding hydrogens is 272 g/mol. The summed E-state index contributed by atoms with van der Waals surface area (Å²) in [4.78, 5) is 12.2. The Morgan fingerprint density at radius 3 is 3.05 bits per heavy atom. The Morgan fingerprint density at radius 1 is 1.35 bits per heavy atom. The van der Waals surface area contributed by atoms with Crippen molar-refractivity contribution >= 4 is 27.4 Å². The molecule has 0 radical (unpaired) electrons. The fourth-order valence-electron chi connectivity index (χ4n) is 2.49. The Hall–Kier alpha value is -1.24. The lowest BCUT2D eigenvalue weighted by molar-refractivity contribution is 0.0378. The molecule has 108 valence electrons. The predicted molar refractivity (Wildman–Crippen MR) is 82.5 cm³/mol. The van der Waals surface area contributed by atoms with Gasteiger partial charge in [-0.15, -0.1) is 11.3 Å². The van der Waals surface area contributed by atoms with Crippen molar-refractivity contribution in [1.29, 1.82) is 0 Å². The molecular formula is C14H20N4OS. The zero-order chi connectivity index (χ0) is 13.8. The molecule has 0 bridgehead atoms. The number of aromatic nitrogens is 2. The van der Waals surface area contributed by atoms with Crippen LogP contribution in [-0.4, -0.2) is 54.3 Å². The first-order valence-electron chi connectivity index (χ1n) is 7.07. The van der Waals surface area contributed by atoms with Crippen molar-refractivity contribution in [1.82, 2.24) is 14.9 Å². The van der Waals surface area contributed by atoms with Crippen molar-refractivity contribution in [2.45, 2.75) is 13.3 Å². The van der Waals surface area contributed by atoms with Gasteiger partial charge in [0.2, 0.25) is 0 Å². The van der Waals surface area contributed by atoms with Crippen molar-refractivity contribution in [2.75, 3.05) is 44.7 Å². The van der Waals surface area contributed by atoms with Crippen LogP contribution in [0, 0.1) is 6.92 Å². The maximum atomic E-state index is 5.35. The summed E-state index contributed by atoms with van der Waals surface area (Å²) in [6, 6.07) is 0. The molecule has 1 saturated heterocycles. The van der Waals surface area contributed by atoms with Gasteiger partial charge in [0.05, 0.1) is 18.6 Å². The van der Waals surface area contributed by atoms with Gasteiger partial charge in [0.25, 0.3) is 0 Å². The van der Waals surface area contributed by atoms with E-state index in [1.54, 1.807) is 17.7 Å². The van der Waals surface area contributed by atoms with Gasteiger partial charge in [-0.1, -0.05) is 0 Å². The van der Waals surface area contributed by atoms with Crippen LogP contribution in [0.25, 0.3) is 10.2 Å². The maximum absolute atomic E-state index is 5.35. The third-order valence-electron chi connectivity index (χ3n) is 3.60. The minimum absolute atomic E-state index is 0.869. The zero-order valence-electron chi connectivity index (χ0n) is 11.8. The third kappa shape index (κ3) is 3.08. The molecule has 6 heteroatoms. The number of fused-ring (bicyclic) bond motifs is 1. The van der Waals surface area contributed by atoms with Crippen molar-refractivity contribution in [2.24, 2.45) is 0 Å². The Kier molecular flexibility index (Phi) is 4.44. The second-order valence-corrected chi connectivity index (χ2v) is 5.91. The van der Waals surface area contributed by atoms with Crippen molar-refractivity contribution < 1.29 is 4.74 Å². The number of morpholine rings is 1. The molecule has 1 aliphatic rings. The third-order valence-corrected chi connectivity index (χ3v) is 4.61. The molecule has 5 nitrogen and oxygen atoms in total. The van der Waals surface area contributed by atoms with Gasteiger partial charge in [0, 0.05) is 19.6 Å². The summed E-state index contributed by atoms with van der Waals surface area (Å²) in [7, 11) is 0. The molecule has 3 heterocycles. The molecule has 1 aliphatic heterocycles. The van der Waals surface area contributed by atoms with Crippen LogP contribution in [0.15, 0.2) is 11.7 Å². The lowest BCUT2D eigenvalue weighted by Gasteiger charge is -2.26. The Bertz CT molecular complexity index is 565. The van der Waals surface area contributed by atoms with Crippen LogP contribution in [0.3, 0.4) is 0 Å². The highest BCUT2D eigenvalue weighted by atomic mass is 32.1. The van der Waals surface area contributed by atoms with Gasteiger partial charge >= 0.3 is 0 Å². The number of ether oxygens (including phenoxy) is 1. The summed E-state index contributed by atoms with van der Waals surface area (Å²) in [5, 5.41) is 6.76. The molecule has 2 aromatic rings. The summed E-state index contributed by atoms with van der Waals surface area (Å²) < 4.78 is 5.35. The Morgan fingerprint density at radius 2 is 2.20 bits per heavy atom. The highest BCUT2D eigenvalue weighted by Crippen LogP contribution is 2.28. The van der Waals surface area contributed by atoms with Crippen LogP contribution in [0.2, 0.25) is 0 Å². The van der Waals surface area contributed by atoms with Gasteiger partial charge in [-0.2, -0.15) is 0 Å². The standard InChI is InChI=1S/C14H20N4OS/c1-11-9-20-14-12(11)13(16-10-17-14)15-3-2-4-18-5-7-19-8-6-18/h9-10H,2-8H2,1H3,(H,15,16,17). The number of nitrogens with one attached hydrogen (secondary N) is 1. The van der Waals surface area contributed by atoms with Crippen LogP contribution in [0.5, 0.6) is 0 Å². The number of rotatable bonds is 5. The second kappa shape index (κ2) is 6.47. The SMILES string of the molecule is Cc1csc2ncnc(NCCCN3CCOCC3)c12. The van der Waals surface area contributed by atoms with E-state index in [1.165, 1.54) is 10.9 Å². The molecule has 3 rings (SSSR count). The van der Waals surface area contributed by atoms with Gasteiger partial charge in [0.1, 0.15) is 17.0 Å². The van der Waals surface area contributed by atoms with Crippen LogP contribution < -0.4 is 5.32 Å². The largest absolute Gasteiger partial charge is 0.379 e. The number of hydrogen-bond donors (Lipinski definition) is 1. The average molecular weight is 292 g/mol. The monoisotopic (exact) mass is 292 g/mol. The smallest absolute Gasteiger partial charge is 0.138 e. The van der Waals surface area contributed by atoms with Crippen molar-refractivity contribution in [3.63, 3.8) is 0 Å². The van der Waals surface area contributed by atoms with Crippen LogP contribution in [-0.2, 0) is 4.74 Å². The number of hydrogen-bond acceptors (Lipinski definition) is 6. The molecule has 0 atom stereocenters. The minimum Gasteiger partial charge on any atom is -0.379 e. The molecule has 0 aliphatic carbocycles. The summed E-state index contributed by atoms with van der Waals surface area (Å²) in [6.07, 6.45) is 2.76. The van der Waals surface area contributed by atoms with E-state index in [4.69, 9.17) is 4.74 Å². The molecule has 0 amide bonds. The molecule has 20 heavy (non-hydrogen) atoms. The molecule has 0 saturated carbocycles. The van der Waals surface area contributed by atoms with Gasteiger partial charge in [-0.05, 0) is 30.8 Å². The lowest BCUT2D eigenvalue weighted by atomic mass is 10.2. The maximum Gasteiger partial charge on any atom is 0.138 e. The number of anilines is 1. The lowest BCUT2D eigenvalue weighted by Crippen LogP contribution is -2.37. The van der Waals surface area contributed by atoms with Gasteiger partial charge in [-0.3, -0.25) is 4.90 Å². The predicted octanol–water partition coefficient (Wildman–Crippen LogP) is 2.13. The van der Waals surface area contributed by atoms with E-state index in [-0.39, 0.29) is 0 Å². The average Bonchev–Trinajstić information content (AvgIpc) is 2.87. The quantitative estimate of drug-likeness (QED) is 0.856. The molecule has 0 aromatic carbocycles. The van der Waals surface area contributed by atoms with E-state index in [0.717, 1.165) is 56.5 Å². The first-order chi connectivity index (χ1) is 9.84. The summed E-state index contributed by atoms with van der Waals surface area (Å²) in [6.45, 7) is 8.03. The second-order valence-electron chi connectivity index (χ2n) is 5.06. The van der Waals surface area contributed by atoms with Crippen molar-refractivity contribution in [3.05, 3.63) is 17.3 Å². The van der Waals surface area contributed by atoms with Crippen molar-refractivity contribution in [3.8, 4) is 0 Å². The molecule has 1 N–H and O–H groups in total. The summed E-state index contributed by atoms with van der Waals surface area (Å²) >= 11 is 1.68. The zero-order valence-corrected chi connectivity index (χ0v) is 12.6. The van der Waals surface area contributed by atoms with E-state index in [2.05, 4.69) is 32.5 Å². The molecule has 0 spiro atoms. The number of thiophene rings is 1. The topological polar surface area (TPSA) is 50.3 Å². The first-order valence-corrected chi connectivity index (χ1v) is 7.95. The summed E-state index contributed by atoms with van der Waals surface area (Å²) in [5.41, 5.74) is 1.25. The first kappa shape index (κ1) is 13.7. The van der Waals surface area contributed by atoms with Crippen LogP contribution >= 0.6 is 11.3 Å². The number of nitrogens with zero attached hydrogens (tertiary/aromatic N) is 3. The van der Waals surface area contributed by atoms with E-state index >= 15 is 0 Å². The molecule has 0 unspecified atom stereocenters. The van der Waals surface area contributed by atoms with Gasteiger partial charge in [0.15, 0.2) is 0 Å². The normalized spacial score (nSPS) is 16.6. The summed E-state index contributed by atoms with van der Waals surface area (Å²) in [5.74, 6) is 0.968. The van der Waals surface area contributed by atoms with Gasteiger partial charge < -0.3 is 10.1 Å². The Labute approximate surface area is 123 Å². The van der Waals surface area contributed by atoms with E-state index in [1.807, 2.05) is 0 Å². The van der Waals surface area contributed by atoms with E-state index < -0.39 is 0 Å². The van der Waals surface area contributed by atoms with Crippen LogP contribution in [0.1, 0.15) is 12.0 Å². The highest BCUT2D eigenvalue weighted by molar-refractivity contribution is 7.17. The van der Waals surface area contributed by atoms with E-state index in [9.17, 15) is 0 Å². The minimum atomic E-state index is 0.869. The molecule has 2 aromatic heterocycles. The fourth-order valence-corrected chi connectivity index (χ4v) is 3.38. The molecule has 1 fully saturated rings. The Balaban J connectivity index is 1.53. The van der Waals surface area contributed by atoms with Crippen LogP contribution in [0.4, 0.5) is 5.82 Å².